The van der Waals surface area contributed by atoms with Gasteiger partial charge in [-0.15, -0.1) is 0 Å². The Labute approximate surface area is 204 Å². The molecular formula is C22H27F6N7O. The molecule has 14 heteroatoms. The highest BCUT2D eigenvalue weighted by Crippen LogP contribution is 2.35. The first-order valence-corrected chi connectivity index (χ1v) is 11.3. The third kappa shape index (κ3) is 6.53. The van der Waals surface area contributed by atoms with Gasteiger partial charge in [-0.1, -0.05) is 13.5 Å². The van der Waals surface area contributed by atoms with Gasteiger partial charge < -0.3 is 15.1 Å². The lowest BCUT2D eigenvalue weighted by Gasteiger charge is -2.35. The van der Waals surface area contributed by atoms with E-state index in [0.717, 1.165) is 12.4 Å². The Morgan fingerprint density at radius 1 is 1.11 bits per heavy atom. The molecule has 0 spiro atoms. The minimum atomic E-state index is -4.56. The molecule has 2 aliphatic heterocycles. The van der Waals surface area contributed by atoms with Crippen LogP contribution in [0.15, 0.2) is 40.9 Å². The molecule has 1 aromatic heterocycles. The van der Waals surface area contributed by atoms with Crippen molar-refractivity contribution in [1.29, 1.82) is 0 Å². The van der Waals surface area contributed by atoms with Crippen LogP contribution in [0.4, 0.5) is 32.3 Å². The summed E-state index contributed by atoms with van der Waals surface area (Å²) in [5, 5.41) is 7.05. The number of carbonyl (C=O) groups is 1. The van der Waals surface area contributed by atoms with Crippen LogP contribution >= 0.6 is 0 Å². The van der Waals surface area contributed by atoms with Crippen LogP contribution in [-0.2, 0) is 11.0 Å². The Balaban J connectivity index is 1.50. The van der Waals surface area contributed by atoms with Crippen LogP contribution in [0.3, 0.4) is 0 Å². The predicted molar refractivity (Wildman–Crippen MR) is 121 cm³/mol. The molecule has 1 saturated heterocycles. The summed E-state index contributed by atoms with van der Waals surface area (Å²) in [6.07, 6.45) is -7.39. The van der Waals surface area contributed by atoms with Crippen molar-refractivity contribution in [3.05, 3.63) is 41.4 Å². The fourth-order valence-corrected chi connectivity index (χ4v) is 3.97. The van der Waals surface area contributed by atoms with Crippen molar-refractivity contribution < 1.29 is 31.1 Å². The topological polar surface area (TPSA) is 85.8 Å². The molecule has 3 rings (SSSR count). The molecule has 36 heavy (non-hydrogen) atoms. The third-order valence-electron chi connectivity index (χ3n) is 5.89. The van der Waals surface area contributed by atoms with Gasteiger partial charge in [0.25, 0.3) is 0 Å². The summed E-state index contributed by atoms with van der Waals surface area (Å²) in [7, 11) is 0. The number of alkyl halides is 6. The van der Waals surface area contributed by atoms with E-state index in [9.17, 15) is 31.1 Å². The number of piperazine rings is 1. The van der Waals surface area contributed by atoms with Crippen LogP contribution < -0.4 is 15.6 Å². The van der Waals surface area contributed by atoms with Gasteiger partial charge in [0, 0.05) is 57.6 Å². The Bertz CT molecular complexity index is 1020. The molecule has 1 fully saturated rings. The number of carbonyl (C=O) groups excluding carboxylic acids is 1. The number of nitrogens with one attached hydrogen (secondary N) is 2. The number of amides is 1. The fraction of sp³-hybridized carbons (Fsp3) is 0.545. The van der Waals surface area contributed by atoms with E-state index in [1.807, 2.05) is 0 Å². The second kappa shape index (κ2) is 10.8. The monoisotopic (exact) mass is 519 g/mol. The SMILES string of the molecule is C=C1NN=C(CNC(C)CC(=O)N2CCN(c3ncc(C(F)(F)F)cn3)CC2)C(CC)=C1C(F)(F)F. The van der Waals surface area contributed by atoms with Gasteiger partial charge in [-0.05, 0) is 18.9 Å². The Morgan fingerprint density at radius 3 is 2.25 bits per heavy atom. The largest absolute Gasteiger partial charge is 0.419 e. The Hall–Kier alpha value is -3.16. The molecule has 1 amide bonds. The van der Waals surface area contributed by atoms with Crippen LogP contribution in [0, 0.1) is 0 Å². The molecule has 8 nitrogen and oxygen atoms in total. The maximum absolute atomic E-state index is 13.4. The predicted octanol–water partition coefficient (Wildman–Crippen LogP) is 3.25. The average molecular weight is 519 g/mol. The minimum absolute atomic E-state index is 0.0382. The number of allylic oxidation sites excluding steroid dienone is 1. The number of nitrogens with zero attached hydrogens (tertiary/aromatic N) is 5. The second-order valence-electron chi connectivity index (χ2n) is 8.48. The molecule has 1 aromatic rings. The van der Waals surface area contributed by atoms with Crippen LogP contribution in [0.5, 0.6) is 0 Å². The lowest BCUT2D eigenvalue weighted by atomic mass is 9.96. The summed E-state index contributed by atoms with van der Waals surface area (Å²) in [5.41, 5.74) is 0.536. The smallest absolute Gasteiger partial charge is 0.339 e. The molecule has 0 radical (unpaired) electrons. The summed E-state index contributed by atoms with van der Waals surface area (Å²) in [5.74, 6) is 0.00926. The molecule has 0 bridgehead atoms. The van der Waals surface area contributed by atoms with E-state index in [1.54, 1.807) is 23.6 Å². The molecule has 2 N–H and O–H groups in total. The van der Waals surface area contributed by atoms with E-state index in [-0.39, 0.29) is 54.3 Å². The number of aromatic nitrogens is 2. The normalized spacial score (nSPS) is 18.2. The number of hydrazone groups is 1. The van der Waals surface area contributed by atoms with Crippen molar-refractivity contribution in [2.45, 2.75) is 45.1 Å². The van der Waals surface area contributed by atoms with Crippen molar-refractivity contribution in [2.24, 2.45) is 5.10 Å². The van der Waals surface area contributed by atoms with Crippen molar-refractivity contribution in [3.8, 4) is 0 Å². The van der Waals surface area contributed by atoms with Crippen LogP contribution in [0.1, 0.15) is 32.3 Å². The first-order chi connectivity index (χ1) is 16.8. The second-order valence-corrected chi connectivity index (χ2v) is 8.48. The van der Waals surface area contributed by atoms with Crippen molar-refractivity contribution in [3.63, 3.8) is 0 Å². The van der Waals surface area contributed by atoms with Gasteiger partial charge in [0.15, 0.2) is 0 Å². The molecule has 2 aliphatic rings. The van der Waals surface area contributed by atoms with Crippen molar-refractivity contribution in [2.75, 3.05) is 37.6 Å². The number of anilines is 1. The molecule has 0 saturated carbocycles. The van der Waals surface area contributed by atoms with Gasteiger partial charge in [-0.25, -0.2) is 9.97 Å². The molecule has 0 aliphatic carbocycles. The number of rotatable bonds is 7. The minimum Gasteiger partial charge on any atom is -0.339 e. The lowest BCUT2D eigenvalue weighted by Crippen LogP contribution is -2.50. The van der Waals surface area contributed by atoms with Gasteiger partial charge in [-0.2, -0.15) is 31.4 Å². The number of halogens is 6. The van der Waals surface area contributed by atoms with Crippen LogP contribution in [0.25, 0.3) is 0 Å². The summed E-state index contributed by atoms with van der Waals surface area (Å²) in [6.45, 7) is 8.19. The quantitative estimate of drug-likeness (QED) is 0.538. The molecule has 1 unspecified atom stereocenters. The zero-order chi connectivity index (χ0) is 26.7. The highest BCUT2D eigenvalue weighted by atomic mass is 19.4. The zero-order valence-electron chi connectivity index (χ0n) is 19.8. The van der Waals surface area contributed by atoms with Gasteiger partial charge in [0.05, 0.1) is 22.5 Å². The van der Waals surface area contributed by atoms with E-state index >= 15 is 0 Å². The van der Waals surface area contributed by atoms with Crippen molar-refractivity contribution >= 4 is 17.6 Å². The van der Waals surface area contributed by atoms with E-state index in [1.165, 1.54) is 0 Å². The average Bonchev–Trinajstić information content (AvgIpc) is 2.81. The Kier molecular flexibility index (Phi) is 8.26. The molecular weight excluding hydrogens is 492 g/mol. The molecule has 0 aromatic carbocycles. The van der Waals surface area contributed by atoms with Gasteiger partial charge in [-0.3, -0.25) is 10.2 Å². The van der Waals surface area contributed by atoms with Crippen LogP contribution in [-0.4, -0.2) is 71.4 Å². The zero-order valence-corrected chi connectivity index (χ0v) is 19.8. The van der Waals surface area contributed by atoms with Gasteiger partial charge in [0.1, 0.15) is 0 Å². The highest BCUT2D eigenvalue weighted by molar-refractivity contribution is 6.03. The Morgan fingerprint density at radius 2 is 1.72 bits per heavy atom. The number of hydrogen-bond acceptors (Lipinski definition) is 7. The molecule has 198 valence electrons. The fourth-order valence-electron chi connectivity index (χ4n) is 3.97. The summed E-state index contributed by atoms with van der Waals surface area (Å²) < 4.78 is 78.4. The third-order valence-corrected chi connectivity index (χ3v) is 5.89. The van der Waals surface area contributed by atoms with Crippen molar-refractivity contribution in [1.82, 2.24) is 25.6 Å². The maximum atomic E-state index is 13.4. The maximum Gasteiger partial charge on any atom is 0.419 e. The van der Waals surface area contributed by atoms with E-state index in [0.29, 0.717) is 26.2 Å². The summed E-state index contributed by atoms with van der Waals surface area (Å²) in [6, 6.07) is -0.339. The molecule has 1 atom stereocenters. The summed E-state index contributed by atoms with van der Waals surface area (Å²) >= 11 is 0. The van der Waals surface area contributed by atoms with Crippen LogP contribution in [0.2, 0.25) is 0 Å². The van der Waals surface area contributed by atoms with Gasteiger partial charge >= 0.3 is 12.4 Å². The standard InChI is InChI=1S/C22H27F6N7O/c1-4-16-17(33-32-14(3)19(16)22(26,27)28)12-29-13(2)9-18(36)34-5-7-35(8-6-34)20-30-10-15(11-31-20)21(23,24)25/h10-11,13,29,32H,3-9,12H2,1-2H3. The summed E-state index contributed by atoms with van der Waals surface area (Å²) in [4.78, 5) is 23.6. The molecule has 3 heterocycles. The number of hydrogen-bond donors (Lipinski definition) is 2. The first-order valence-electron chi connectivity index (χ1n) is 11.3. The highest BCUT2D eigenvalue weighted by Gasteiger charge is 2.40. The van der Waals surface area contributed by atoms with E-state index in [4.69, 9.17) is 0 Å². The van der Waals surface area contributed by atoms with E-state index < -0.39 is 23.5 Å². The van der Waals surface area contributed by atoms with E-state index in [2.05, 4.69) is 32.4 Å². The van der Waals surface area contributed by atoms with Gasteiger partial charge in [0.2, 0.25) is 11.9 Å². The first kappa shape index (κ1) is 27.4. The lowest BCUT2D eigenvalue weighted by molar-refractivity contribution is -0.138.